The van der Waals surface area contributed by atoms with Crippen molar-refractivity contribution < 1.29 is 4.74 Å². The van der Waals surface area contributed by atoms with E-state index >= 15 is 0 Å². The quantitative estimate of drug-likeness (QED) is 0.755. The fourth-order valence-electron chi connectivity index (χ4n) is 2.11. The molecule has 3 aromatic rings. The lowest BCUT2D eigenvalue weighted by molar-refractivity contribution is 0.464. The molecule has 3 nitrogen and oxygen atoms in total. The predicted octanol–water partition coefficient (Wildman–Crippen LogP) is 4.79. The maximum absolute atomic E-state index is 6.10. The van der Waals surface area contributed by atoms with E-state index in [1.54, 1.807) is 18.2 Å². The minimum Gasteiger partial charge on any atom is -0.437 e. The highest BCUT2D eigenvalue weighted by molar-refractivity contribution is 6.34. The van der Waals surface area contributed by atoms with E-state index in [0.717, 1.165) is 16.5 Å². The van der Waals surface area contributed by atoms with Gasteiger partial charge in [0.1, 0.15) is 5.75 Å². The molecule has 2 N–H and O–H groups in total. The van der Waals surface area contributed by atoms with Gasteiger partial charge in [-0.2, -0.15) is 0 Å². The summed E-state index contributed by atoms with van der Waals surface area (Å²) in [5, 5.41) is 2.04. The van der Waals surface area contributed by atoms with Gasteiger partial charge in [-0.15, -0.1) is 0 Å². The van der Waals surface area contributed by atoms with E-state index in [0.29, 0.717) is 28.2 Å². The molecule has 106 valence electrons. The van der Waals surface area contributed by atoms with Gasteiger partial charge in [0.25, 0.3) is 0 Å². The van der Waals surface area contributed by atoms with E-state index in [-0.39, 0.29) is 0 Å². The molecule has 3 rings (SSSR count). The van der Waals surface area contributed by atoms with Crippen LogP contribution in [-0.4, -0.2) is 4.98 Å². The Bertz CT molecular complexity index is 805. The van der Waals surface area contributed by atoms with Gasteiger partial charge in [0.2, 0.25) is 5.88 Å². The number of benzene rings is 2. The highest BCUT2D eigenvalue weighted by Gasteiger charge is 2.09. The van der Waals surface area contributed by atoms with Crippen LogP contribution in [0.1, 0.15) is 5.56 Å². The normalized spacial score (nSPS) is 10.8. The lowest BCUT2D eigenvalue weighted by atomic mass is 10.1. The minimum absolute atomic E-state index is 0.405. The van der Waals surface area contributed by atoms with E-state index in [1.807, 2.05) is 30.3 Å². The van der Waals surface area contributed by atoms with Crippen LogP contribution in [0.4, 0.5) is 0 Å². The number of halogens is 2. The Kier molecular flexibility index (Phi) is 3.97. The van der Waals surface area contributed by atoms with Crippen LogP contribution in [0.2, 0.25) is 10.0 Å². The zero-order valence-corrected chi connectivity index (χ0v) is 12.5. The molecule has 1 heterocycles. The second-order valence-electron chi connectivity index (χ2n) is 4.52. The van der Waals surface area contributed by atoms with Crippen molar-refractivity contribution in [3.05, 3.63) is 64.1 Å². The molecule has 0 aliphatic carbocycles. The van der Waals surface area contributed by atoms with Gasteiger partial charge in [-0.1, -0.05) is 41.4 Å². The fraction of sp³-hybridized carbons (Fsp3) is 0.0625. The second kappa shape index (κ2) is 5.90. The molecule has 0 spiro atoms. The standard InChI is InChI=1S/C16H12Cl2N2O/c17-11-5-6-13(18)15(8-11)21-16-7-10(9-19)12-3-1-2-4-14(12)20-16/h1-8H,9,19H2. The van der Waals surface area contributed by atoms with Gasteiger partial charge in [-0.3, -0.25) is 0 Å². The first-order valence-corrected chi connectivity index (χ1v) is 7.14. The molecule has 0 radical (unpaired) electrons. The molecule has 0 aliphatic rings. The van der Waals surface area contributed by atoms with Crippen molar-refractivity contribution in [2.45, 2.75) is 6.54 Å². The summed E-state index contributed by atoms with van der Waals surface area (Å²) in [7, 11) is 0. The Balaban J connectivity index is 2.06. The van der Waals surface area contributed by atoms with Crippen LogP contribution in [-0.2, 0) is 6.54 Å². The first kappa shape index (κ1) is 14.1. The summed E-state index contributed by atoms with van der Waals surface area (Å²) in [5.41, 5.74) is 7.60. The van der Waals surface area contributed by atoms with Crippen LogP contribution in [0.15, 0.2) is 48.5 Å². The summed E-state index contributed by atoms with van der Waals surface area (Å²) in [5.74, 6) is 0.910. The van der Waals surface area contributed by atoms with Crippen molar-refractivity contribution >= 4 is 34.1 Å². The van der Waals surface area contributed by atoms with Crippen LogP contribution in [0, 0.1) is 0 Å². The van der Waals surface area contributed by atoms with Gasteiger partial charge < -0.3 is 10.5 Å². The number of rotatable bonds is 3. The minimum atomic E-state index is 0.405. The third-order valence-corrected chi connectivity index (χ3v) is 3.65. The van der Waals surface area contributed by atoms with Gasteiger partial charge in [-0.05, 0) is 23.8 Å². The summed E-state index contributed by atoms with van der Waals surface area (Å²) >= 11 is 12.1. The third kappa shape index (κ3) is 2.95. The Morgan fingerprint density at radius 3 is 2.67 bits per heavy atom. The first-order valence-electron chi connectivity index (χ1n) is 6.39. The summed E-state index contributed by atoms with van der Waals surface area (Å²) in [6.07, 6.45) is 0. The number of nitrogens with two attached hydrogens (primary N) is 1. The average molecular weight is 319 g/mol. The summed E-state index contributed by atoms with van der Waals surface area (Å²) in [6.45, 7) is 0.405. The maximum Gasteiger partial charge on any atom is 0.220 e. The number of para-hydroxylation sites is 1. The highest BCUT2D eigenvalue weighted by atomic mass is 35.5. The predicted molar refractivity (Wildman–Crippen MR) is 86.2 cm³/mol. The van der Waals surface area contributed by atoms with Crippen molar-refractivity contribution in [1.29, 1.82) is 0 Å². The monoisotopic (exact) mass is 318 g/mol. The van der Waals surface area contributed by atoms with Crippen molar-refractivity contribution in [3.8, 4) is 11.6 Å². The molecule has 5 heteroatoms. The van der Waals surface area contributed by atoms with Crippen LogP contribution >= 0.6 is 23.2 Å². The van der Waals surface area contributed by atoms with E-state index in [4.69, 9.17) is 33.7 Å². The Labute approximate surface area is 132 Å². The van der Waals surface area contributed by atoms with Crippen LogP contribution in [0.25, 0.3) is 10.9 Å². The molecule has 2 aromatic carbocycles. The number of nitrogens with zero attached hydrogens (tertiary/aromatic N) is 1. The Morgan fingerprint density at radius 2 is 1.86 bits per heavy atom. The number of fused-ring (bicyclic) bond motifs is 1. The molecule has 0 saturated heterocycles. The zero-order valence-electron chi connectivity index (χ0n) is 11.0. The highest BCUT2D eigenvalue weighted by Crippen LogP contribution is 2.32. The molecule has 0 amide bonds. The number of aromatic nitrogens is 1. The largest absolute Gasteiger partial charge is 0.437 e. The average Bonchev–Trinajstić information content (AvgIpc) is 2.50. The number of pyridine rings is 1. The molecule has 21 heavy (non-hydrogen) atoms. The summed E-state index contributed by atoms with van der Waals surface area (Å²) < 4.78 is 5.76. The smallest absolute Gasteiger partial charge is 0.220 e. The van der Waals surface area contributed by atoms with Crippen molar-refractivity contribution in [2.75, 3.05) is 0 Å². The fourth-order valence-corrected chi connectivity index (χ4v) is 2.43. The van der Waals surface area contributed by atoms with Crippen molar-refractivity contribution in [2.24, 2.45) is 5.73 Å². The van der Waals surface area contributed by atoms with Gasteiger partial charge in [-0.25, -0.2) is 4.98 Å². The molecular weight excluding hydrogens is 307 g/mol. The summed E-state index contributed by atoms with van der Waals surface area (Å²) in [6, 6.07) is 14.6. The lowest BCUT2D eigenvalue weighted by Crippen LogP contribution is -2.00. The van der Waals surface area contributed by atoms with Crippen LogP contribution < -0.4 is 10.5 Å². The van der Waals surface area contributed by atoms with Crippen LogP contribution in [0.5, 0.6) is 11.6 Å². The second-order valence-corrected chi connectivity index (χ2v) is 5.36. The Hall–Kier alpha value is -1.81. The molecule has 0 saturated carbocycles. The van der Waals surface area contributed by atoms with Crippen LogP contribution in [0.3, 0.4) is 0 Å². The Morgan fingerprint density at radius 1 is 1.05 bits per heavy atom. The topological polar surface area (TPSA) is 48.1 Å². The van der Waals surface area contributed by atoms with Crippen molar-refractivity contribution in [1.82, 2.24) is 4.98 Å². The maximum atomic E-state index is 6.10. The lowest BCUT2D eigenvalue weighted by Gasteiger charge is -2.10. The van der Waals surface area contributed by atoms with Crippen molar-refractivity contribution in [3.63, 3.8) is 0 Å². The molecule has 0 bridgehead atoms. The summed E-state index contributed by atoms with van der Waals surface area (Å²) in [4.78, 5) is 4.47. The molecule has 0 atom stereocenters. The SMILES string of the molecule is NCc1cc(Oc2cc(Cl)ccc2Cl)nc2ccccc12. The molecule has 1 aromatic heterocycles. The number of ether oxygens (including phenoxy) is 1. The zero-order chi connectivity index (χ0) is 14.8. The van der Waals surface area contributed by atoms with E-state index < -0.39 is 0 Å². The van der Waals surface area contributed by atoms with Gasteiger partial charge in [0.05, 0.1) is 10.5 Å². The van der Waals surface area contributed by atoms with E-state index in [2.05, 4.69) is 4.98 Å². The molecular formula is C16H12Cl2N2O. The molecule has 0 fully saturated rings. The van der Waals surface area contributed by atoms with Gasteiger partial charge >= 0.3 is 0 Å². The number of hydrogen-bond acceptors (Lipinski definition) is 3. The van der Waals surface area contributed by atoms with Gasteiger partial charge in [0, 0.05) is 29.1 Å². The first-order chi connectivity index (χ1) is 10.2. The van der Waals surface area contributed by atoms with E-state index in [9.17, 15) is 0 Å². The van der Waals surface area contributed by atoms with E-state index in [1.165, 1.54) is 0 Å². The third-order valence-electron chi connectivity index (χ3n) is 3.11. The molecule has 0 aliphatic heterocycles. The van der Waals surface area contributed by atoms with Gasteiger partial charge in [0.15, 0.2) is 0 Å². The molecule has 0 unspecified atom stereocenters. The number of hydrogen-bond donors (Lipinski definition) is 1.